The molecule has 0 aromatic heterocycles. The van der Waals surface area contributed by atoms with Crippen LogP contribution in [0.15, 0.2) is 18.2 Å². The zero-order chi connectivity index (χ0) is 10.1. The van der Waals surface area contributed by atoms with Crippen LogP contribution in [0.4, 0.5) is 0 Å². The average Bonchev–Trinajstić information content (AvgIpc) is 2.17. The Bertz CT molecular complexity index is 314. The van der Waals surface area contributed by atoms with Crippen molar-refractivity contribution in [3.63, 3.8) is 0 Å². The van der Waals surface area contributed by atoms with E-state index in [4.69, 9.17) is 5.73 Å². The summed E-state index contributed by atoms with van der Waals surface area (Å²) in [5.74, 6) is 0.621. The molecule has 0 radical (unpaired) electrons. The van der Waals surface area contributed by atoms with Crippen molar-refractivity contribution < 1.29 is 0 Å². The predicted molar refractivity (Wildman–Crippen MR) is 60.4 cm³/mol. The number of nitrogens with two attached hydrogens (primary N) is 1. The van der Waals surface area contributed by atoms with E-state index in [-0.39, 0.29) is 6.04 Å². The number of fused-ring (bicyclic) bond motifs is 1. The highest BCUT2D eigenvalue weighted by molar-refractivity contribution is 5.40. The lowest BCUT2D eigenvalue weighted by Crippen LogP contribution is -2.18. The van der Waals surface area contributed by atoms with Crippen molar-refractivity contribution in [1.29, 1.82) is 0 Å². The molecular weight excluding hydrogens is 170 g/mol. The third-order valence-electron chi connectivity index (χ3n) is 3.21. The zero-order valence-electron chi connectivity index (χ0n) is 9.09. The second-order valence-corrected chi connectivity index (χ2v) is 4.57. The highest BCUT2D eigenvalue weighted by Gasteiger charge is 2.19. The molecule has 0 amide bonds. The van der Waals surface area contributed by atoms with Crippen molar-refractivity contribution in [1.82, 2.24) is 0 Å². The van der Waals surface area contributed by atoms with Crippen LogP contribution in [0.1, 0.15) is 55.3 Å². The smallest absolute Gasteiger partial charge is 0.0297 e. The van der Waals surface area contributed by atoms with Crippen LogP contribution >= 0.6 is 0 Å². The number of benzene rings is 1. The molecule has 0 saturated heterocycles. The monoisotopic (exact) mass is 189 g/mol. The van der Waals surface area contributed by atoms with Crippen LogP contribution in [-0.4, -0.2) is 0 Å². The zero-order valence-corrected chi connectivity index (χ0v) is 9.09. The second-order valence-electron chi connectivity index (χ2n) is 4.57. The van der Waals surface area contributed by atoms with E-state index in [1.807, 2.05) is 0 Å². The molecule has 0 spiro atoms. The highest BCUT2D eigenvalue weighted by atomic mass is 14.6. The normalized spacial score (nSPS) is 21.0. The quantitative estimate of drug-likeness (QED) is 0.721. The fourth-order valence-corrected chi connectivity index (χ4v) is 2.45. The minimum absolute atomic E-state index is 0.275. The van der Waals surface area contributed by atoms with Gasteiger partial charge in [-0.05, 0) is 41.9 Å². The Morgan fingerprint density at radius 1 is 1.36 bits per heavy atom. The van der Waals surface area contributed by atoms with Gasteiger partial charge in [-0.3, -0.25) is 0 Å². The van der Waals surface area contributed by atoms with Crippen LogP contribution in [0.5, 0.6) is 0 Å². The Hall–Kier alpha value is -0.820. The molecule has 2 rings (SSSR count). The van der Waals surface area contributed by atoms with Gasteiger partial charge in [-0.2, -0.15) is 0 Å². The van der Waals surface area contributed by atoms with Gasteiger partial charge in [0.1, 0.15) is 0 Å². The summed E-state index contributed by atoms with van der Waals surface area (Å²) in [5.41, 5.74) is 10.5. The first-order valence-electron chi connectivity index (χ1n) is 5.57. The van der Waals surface area contributed by atoms with Gasteiger partial charge in [-0.1, -0.05) is 32.0 Å². The van der Waals surface area contributed by atoms with E-state index < -0.39 is 0 Å². The molecule has 1 heteroatoms. The maximum atomic E-state index is 6.12. The molecule has 2 N–H and O–H groups in total. The van der Waals surface area contributed by atoms with Crippen LogP contribution < -0.4 is 5.73 Å². The Morgan fingerprint density at radius 3 is 2.86 bits per heavy atom. The van der Waals surface area contributed by atoms with Gasteiger partial charge in [-0.25, -0.2) is 0 Å². The molecule has 1 nitrogen and oxygen atoms in total. The van der Waals surface area contributed by atoms with Crippen molar-refractivity contribution in [2.45, 2.75) is 45.1 Å². The van der Waals surface area contributed by atoms with Crippen LogP contribution in [0.2, 0.25) is 0 Å². The Morgan fingerprint density at radius 2 is 2.14 bits per heavy atom. The molecule has 0 aliphatic heterocycles. The summed E-state index contributed by atoms with van der Waals surface area (Å²) in [6.07, 6.45) is 3.61. The van der Waals surface area contributed by atoms with E-state index >= 15 is 0 Å². The SMILES string of the molecule is CC(C)c1cccc2c1CCC[C@H]2N. The van der Waals surface area contributed by atoms with E-state index in [2.05, 4.69) is 32.0 Å². The van der Waals surface area contributed by atoms with E-state index in [1.54, 1.807) is 0 Å². The third kappa shape index (κ3) is 1.57. The van der Waals surface area contributed by atoms with Gasteiger partial charge in [0.2, 0.25) is 0 Å². The van der Waals surface area contributed by atoms with E-state index in [1.165, 1.54) is 29.5 Å². The molecule has 1 aliphatic rings. The molecular formula is C13H19N. The molecule has 1 aliphatic carbocycles. The fourth-order valence-electron chi connectivity index (χ4n) is 2.45. The topological polar surface area (TPSA) is 26.0 Å². The lowest BCUT2D eigenvalue weighted by molar-refractivity contribution is 0.564. The minimum atomic E-state index is 0.275. The summed E-state index contributed by atoms with van der Waals surface area (Å²) in [6, 6.07) is 6.88. The molecule has 0 fully saturated rings. The van der Waals surface area contributed by atoms with Gasteiger partial charge in [0.25, 0.3) is 0 Å². The molecule has 1 aromatic carbocycles. The first-order valence-corrected chi connectivity index (χ1v) is 5.57. The fraction of sp³-hybridized carbons (Fsp3) is 0.538. The minimum Gasteiger partial charge on any atom is -0.324 e. The van der Waals surface area contributed by atoms with Crippen molar-refractivity contribution >= 4 is 0 Å². The maximum absolute atomic E-state index is 6.12. The van der Waals surface area contributed by atoms with Gasteiger partial charge in [0.15, 0.2) is 0 Å². The number of rotatable bonds is 1. The summed E-state index contributed by atoms with van der Waals surface area (Å²) in [4.78, 5) is 0. The van der Waals surface area contributed by atoms with Crippen LogP contribution in [0.25, 0.3) is 0 Å². The third-order valence-corrected chi connectivity index (χ3v) is 3.21. The average molecular weight is 189 g/mol. The Balaban J connectivity index is 2.49. The molecule has 0 heterocycles. The van der Waals surface area contributed by atoms with Gasteiger partial charge in [-0.15, -0.1) is 0 Å². The van der Waals surface area contributed by atoms with Crippen molar-refractivity contribution in [2.24, 2.45) is 5.73 Å². The van der Waals surface area contributed by atoms with Gasteiger partial charge < -0.3 is 5.73 Å². The molecule has 0 unspecified atom stereocenters. The molecule has 14 heavy (non-hydrogen) atoms. The summed E-state index contributed by atoms with van der Waals surface area (Å²) in [7, 11) is 0. The van der Waals surface area contributed by atoms with Gasteiger partial charge >= 0.3 is 0 Å². The van der Waals surface area contributed by atoms with Crippen molar-refractivity contribution in [3.05, 3.63) is 34.9 Å². The molecule has 76 valence electrons. The van der Waals surface area contributed by atoms with Gasteiger partial charge in [0, 0.05) is 6.04 Å². The van der Waals surface area contributed by atoms with Crippen LogP contribution in [0, 0.1) is 0 Å². The lowest BCUT2D eigenvalue weighted by Gasteiger charge is -2.25. The predicted octanol–water partition coefficient (Wildman–Crippen LogP) is 3.15. The summed E-state index contributed by atoms with van der Waals surface area (Å²) < 4.78 is 0. The molecule has 0 saturated carbocycles. The lowest BCUT2D eigenvalue weighted by atomic mass is 9.82. The number of hydrogen-bond acceptors (Lipinski definition) is 1. The van der Waals surface area contributed by atoms with E-state index in [0.29, 0.717) is 5.92 Å². The first kappa shape index (κ1) is 9.72. The van der Waals surface area contributed by atoms with Crippen molar-refractivity contribution in [2.75, 3.05) is 0 Å². The molecule has 1 aromatic rings. The summed E-state index contributed by atoms with van der Waals surface area (Å²) in [5, 5.41) is 0. The maximum Gasteiger partial charge on any atom is 0.0297 e. The highest BCUT2D eigenvalue weighted by Crippen LogP contribution is 2.32. The summed E-state index contributed by atoms with van der Waals surface area (Å²) >= 11 is 0. The molecule has 1 atom stereocenters. The van der Waals surface area contributed by atoms with Gasteiger partial charge in [0.05, 0.1) is 0 Å². The molecule has 0 bridgehead atoms. The van der Waals surface area contributed by atoms with Crippen LogP contribution in [0.3, 0.4) is 0 Å². The van der Waals surface area contributed by atoms with Crippen molar-refractivity contribution in [3.8, 4) is 0 Å². The Kier molecular flexibility index (Phi) is 2.60. The largest absolute Gasteiger partial charge is 0.324 e. The van der Waals surface area contributed by atoms with E-state index in [0.717, 1.165) is 6.42 Å². The Labute approximate surface area is 86.3 Å². The van der Waals surface area contributed by atoms with E-state index in [9.17, 15) is 0 Å². The first-order chi connectivity index (χ1) is 6.70. The number of hydrogen-bond donors (Lipinski definition) is 1. The summed E-state index contributed by atoms with van der Waals surface area (Å²) in [6.45, 7) is 4.52. The van der Waals surface area contributed by atoms with Crippen LogP contribution in [-0.2, 0) is 6.42 Å². The standard InChI is InChI=1S/C13H19N/c1-9(2)10-5-3-7-12-11(10)6-4-8-13(12)14/h3,5,7,9,13H,4,6,8,14H2,1-2H3/t13-/m1/s1. The second kappa shape index (κ2) is 3.74.